The molecule has 14 heteroatoms. The summed E-state index contributed by atoms with van der Waals surface area (Å²) in [4.78, 5) is 63.6. The first-order valence-corrected chi connectivity index (χ1v) is 13.2. The molecule has 14 nitrogen and oxygen atoms in total. The first-order chi connectivity index (χ1) is 22.0. The molecular formula is C33H28O14. The van der Waals surface area contributed by atoms with Gasteiger partial charge in [-0.3, -0.25) is 4.79 Å². The minimum absolute atomic E-state index is 0.0134. The van der Waals surface area contributed by atoms with Crippen LogP contribution in [0.1, 0.15) is 76.3 Å². The molecule has 0 heterocycles. The summed E-state index contributed by atoms with van der Waals surface area (Å²) in [6.07, 6.45) is -0.234. The van der Waals surface area contributed by atoms with Crippen molar-refractivity contribution >= 4 is 35.8 Å². The molecule has 0 aliphatic rings. The number of aromatic hydroxyl groups is 2. The molecule has 0 saturated carbocycles. The van der Waals surface area contributed by atoms with Crippen molar-refractivity contribution in [1.29, 1.82) is 0 Å². The van der Waals surface area contributed by atoms with E-state index in [1.54, 1.807) is 43.3 Å². The van der Waals surface area contributed by atoms with E-state index in [-0.39, 0.29) is 34.6 Å². The minimum Gasteiger partial charge on any atom is -0.508 e. The van der Waals surface area contributed by atoms with Gasteiger partial charge >= 0.3 is 35.8 Å². The fourth-order valence-corrected chi connectivity index (χ4v) is 4.31. The maximum atomic E-state index is 11.2. The molecule has 0 aliphatic carbocycles. The molecule has 0 amide bonds. The van der Waals surface area contributed by atoms with Crippen molar-refractivity contribution in [2.24, 2.45) is 0 Å². The molecule has 0 aromatic heterocycles. The number of para-hydroxylation sites is 2. The molecule has 0 radical (unpaired) electrons. The van der Waals surface area contributed by atoms with Gasteiger partial charge in [-0.1, -0.05) is 43.3 Å². The Labute approximate surface area is 265 Å². The van der Waals surface area contributed by atoms with Crippen molar-refractivity contribution in [3.05, 3.63) is 130 Å². The molecule has 4 rings (SSSR count). The third-order valence-electron chi connectivity index (χ3n) is 6.61. The standard InChI is InChI=1S/C16H16O4.C9H6O6.C8H6O4/c1-16(10-15(19)20,11-6-2-4-8-13(11)17)12-7-3-5-9-14(12)18;10-7(11)4-1-2-5(8(12)13)6(3-4)9(14)15;9-7(10)5-1-2-6(4-3-5)8(11)12/h2-9,17-18H,10H2,1H3,(H,19,20);1-3H,(H,10,11)(H,12,13)(H,14,15);1-4H,(H,9,10)(H,11,12). The van der Waals surface area contributed by atoms with Gasteiger partial charge in [-0.05, 0) is 54.6 Å². The fourth-order valence-electron chi connectivity index (χ4n) is 4.31. The van der Waals surface area contributed by atoms with Crippen molar-refractivity contribution in [3.8, 4) is 11.5 Å². The molecule has 0 fully saturated rings. The summed E-state index contributed by atoms with van der Waals surface area (Å²) in [5, 5.41) is 72.1. The largest absolute Gasteiger partial charge is 0.508 e. The van der Waals surface area contributed by atoms with Gasteiger partial charge in [-0.25, -0.2) is 24.0 Å². The van der Waals surface area contributed by atoms with E-state index in [4.69, 9.17) is 25.5 Å². The highest BCUT2D eigenvalue weighted by atomic mass is 16.4. The predicted octanol–water partition coefficient (Wildman–Crippen LogP) is 4.74. The summed E-state index contributed by atoms with van der Waals surface area (Å²) in [6, 6.07) is 21.0. The zero-order chi connectivity index (χ0) is 35.5. The van der Waals surface area contributed by atoms with Crippen LogP contribution < -0.4 is 0 Å². The summed E-state index contributed by atoms with van der Waals surface area (Å²) in [5.41, 5.74) is -1.14. The van der Waals surface area contributed by atoms with Gasteiger partial charge < -0.3 is 40.9 Å². The van der Waals surface area contributed by atoms with Gasteiger partial charge in [0.05, 0.1) is 34.2 Å². The van der Waals surface area contributed by atoms with Crippen molar-refractivity contribution in [1.82, 2.24) is 0 Å². The van der Waals surface area contributed by atoms with E-state index in [2.05, 4.69) is 0 Å². The molecule has 0 saturated heterocycles. The van der Waals surface area contributed by atoms with Crippen LogP contribution in [0.15, 0.2) is 91.0 Å². The van der Waals surface area contributed by atoms with Crippen LogP contribution in [-0.4, -0.2) is 76.7 Å². The number of rotatable bonds is 9. The van der Waals surface area contributed by atoms with Crippen molar-refractivity contribution in [3.63, 3.8) is 0 Å². The van der Waals surface area contributed by atoms with Gasteiger partial charge in [0.25, 0.3) is 0 Å². The van der Waals surface area contributed by atoms with Crippen molar-refractivity contribution in [2.75, 3.05) is 0 Å². The van der Waals surface area contributed by atoms with Gasteiger partial charge in [-0.2, -0.15) is 0 Å². The Bertz CT molecular complexity index is 1730. The number of carboxylic acids is 6. The van der Waals surface area contributed by atoms with Crippen LogP contribution in [0.4, 0.5) is 0 Å². The summed E-state index contributed by atoms with van der Waals surface area (Å²) in [7, 11) is 0. The SMILES string of the molecule is CC(CC(=O)O)(c1ccccc1O)c1ccccc1O.O=C(O)c1ccc(C(=O)O)c(C(=O)O)c1.O=C(O)c1ccc(C(=O)O)cc1. The maximum absolute atomic E-state index is 11.2. The van der Waals surface area contributed by atoms with Crippen LogP contribution in [0.25, 0.3) is 0 Å². The molecule has 0 unspecified atom stereocenters. The topological polar surface area (TPSA) is 264 Å². The van der Waals surface area contributed by atoms with E-state index in [1.807, 2.05) is 0 Å². The highest BCUT2D eigenvalue weighted by molar-refractivity contribution is 6.03. The van der Waals surface area contributed by atoms with Crippen LogP contribution in [0.3, 0.4) is 0 Å². The van der Waals surface area contributed by atoms with Crippen LogP contribution >= 0.6 is 0 Å². The number of phenols is 2. The maximum Gasteiger partial charge on any atom is 0.336 e. The van der Waals surface area contributed by atoms with Gasteiger partial charge in [-0.15, -0.1) is 0 Å². The predicted molar refractivity (Wildman–Crippen MR) is 163 cm³/mol. The molecular weight excluding hydrogens is 620 g/mol. The Morgan fingerprint density at radius 3 is 1.17 bits per heavy atom. The van der Waals surface area contributed by atoms with Crippen LogP contribution in [0.2, 0.25) is 0 Å². The highest BCUT2D eigenvalue weighted by Gasteiger charge is 2.35. The zero-order valence-corrected chi connectivity index (χ0v) is 24.4. The lowest BCUT2D eigenvalue weighted by Gasteiger charge is -2.30. The van der Waals surface area contributed by atoms with Gasteiger partial charge in [0.2, 0.25) is 0 Å². The molecule has 4 aromatic rings. The number of aromatic carboxylic acids is 5. The summed E-state index contributed by atoms with van der Waals surface area (Å²) >= 11 is 0. The van der Waals surface area contributed by atoms with Gasteiger partial charge in [0.1, 0.15) is 11.5 Å². The third-order valence-corrected chi connectivity index (χ3v) is 6.61. The van der Waals surface area contributed by atoms with Gasteiger partial charge in [0, 0.05) is 16.5 Å². The van der Waals surface area contributed by atoms with E-state index < -0.39 is 52.4 Å². The average Bonchev–Trinajstić information content (AvgIpc) is 3.01. The first kappa shape index (κ1) is 36.5. The third kappa shape index (κ3) is 9.64. The number of carbonyl (C=O) groups is 6. The lowest BCUT2D eigenvalue weighted by atomic mass is 9.73. The molecule has 0 bridgehead atoms. The molecule has 0 atom stereocenters. The summed E-state index contributed by atoms with van der Waals surface area (Å²) in [5.74, 6) is -7.30. The monoisotopic (exact) mass is 648 g/mol. The number of aliphatic carboxylic acids is 1. The number of benzene rings is 4. The highest BCUT2D eigenvalue weighted by Crippen LogP contribution is 2.43. The van der Waals surface area contributed by atoms with Crippen molar-refractivity contribution in [2.45, 2.75) is 18.8 Å². The number of phenolic OH excluding ortho intramolecular Hbond substituents is 2. The molecule has 0 aliphatic heterocycles. The minimum atomic E-state index is -1.48. The quantitative estimate of drug-likeness (QED) is 0.122. The van der Waals surface area contributed by atoms with Crippen molar-refractivity contribution < 1.29 is 69.6 Å². The Kier molecular flexibility index (Phi) is 12.3. The Morgan fingerprint density at radius 2 is 0.851 bits per heavy atom. The normalized spacial score (nSPS) is 10.2. The Morgan fingerprint density at radius 1 is 0.489 bits per heavy atom. The Hall–Kier alpha value is -6.70. The smallest absolute Gasteiger partial charge is 0.336 e. The van der Waals surface area contributed by atoms with E-state index in [0.29, 0.717) is 11.1 Å². The fraction of sp³-hybridized carbons (Fsp3) is 0.0909. The lowest BCUT2D eigenvalue weighted by molar-refractivity contribution is -0.138. The van der Waals surface area contributed by atoms with Crippen LogP contribution in [-0.2, 0) is 10.2 Å². The van der Waals surface area contributed by atoms with Crippen LogP contribution in [0, 0.1) is 0 Å². The second-order valence-electron chi connectivity index (χ2n) is 9.80. The second-order valence-corrected chi connectivity index (χ2v) is 9.80. The molecule has 4 aromatic carbocycles. The number of hydrogen-bond donors (Lipinski definition) is 8. The molecule has 47 heavy (non-hydrogen) atoms. The summed E-state index contributed by atoms with van der Waals surface area (Å²) < 4.78 is 0. The molecule has 244 valence electrons. The van der Waals surface area contributed by atoms with E-state index >= 15 is 0 Å². The van der Waals surface area contributed by atoms with E-state index in [1.165, 1.54) is 36.4 Å². The van der Waals surface area contributed by atoms with Gasteiger partial charge in [0.15, 0.2) is 0 Å². The molecule has 0 spiro atoms. The van der Waals surface area contributed by atoms with E-state index in [0.717, 1.165) is 18.2 Å². The molecule has 8 N–H and O–H groups in total. The first-order valence-electron chi connectivity index (χ1n) is 13.2. The van der Waals surface area contributed by atoms with Crippen LogP contribution in [0.5, 0.6) is 11.5 Å². The average molecular weight is 649 g/mol. The second kappa shape index (κ2) is 15.9. The Balaban J connectivity index is 0.000000254. The summed E-state index contributed by atoms with van der Waals surface area (Å²) in [6.45, 7) is 1.70. The van der Waals surface area contributed by atoms with E-state index in [9.17, 15) is 44.1 Å². The zero-order valence-electron chi connectivity index (χ0n) is 24.4. The number of hydrogen-bond acceptors (Lipinski definition) is 8. The lowest BCUT2D eigenvalue weighted by Crippen LogP contribution is -2.27. The number of carboxylic acid groups (broad SMARTS) is 6.